The number of carbonyl (C=O) groups excluding carboxylic acids is 1. The van der Waals surface area contributed by atoms with Crippen molar-refractivity contribution in [2.75, 3.05) is 23.4 Å². The van der Waals surface area contributed by atoms with Crippen LogP contribution in [0.25, 0.3) is 6.08 Å². The van der Waals surface area contributed by atoms with Gasteiger partial charge in [0.25, 0.3) is 5.91 Å². The number of phenolic OH excluding ortho intramolecular Hbond substituents is 2. The quantitative estimate of drug-likeness (QED) is 0.0433. The lowest BCUT2D eigenvalue weighted by Gasteiger charge is -2.44. The van der Waals surface area contributed by atoms with E-state index in [0.29, 0.717) is 36.9 Å². The molecule has 13 N–H and O–H groups in total. The molecule has 0 spiro atoms. The number of nitrogens with zero attached hydrogens (tertiary/aromatic N) is 2. The van der Waals surface area contributed by atoms with Crippen LogP contribution in [0.15, 0.2) is 104 Å². The van der Waals surface area contributed by atoms with Crippen LogP contribution in [-0.4, -0.2) is 123 Å². The fraction of sp³-hybridized carbons (Fsp3) is 0.354. The van der Waals surface area contributed by atoms with Gasteiger partial charge in [-0.05, 0) is 71.9 Å². The van der Waals surface area contributed by atoms with Gasteiger partial charge in [-0.25, -0.2) is 9.78 Å². The standard InChI is InChI=1S/C48H52N6O12/c49-38-8-4-16-46(38,28-6-2-1-3-7-28)30-14-17-47(45(62)63)41(30)29-22-35(57)36(65-48(64)44(61)43(60)42(59)37(24-55)66-48)23-33(29)54(47)40(58)13-11-26-10-12-34(56)27(20-26)21-32-31(52-25-53-32)15-19-51-39-9-5-18-50-39/h1-3,5-7,9-14,17-18,20,22-23,25,30,37-38,41-44,50-51,55-57,59-61,64H,4,8,15-16,19,21,24,49H2,(H,52,53)(H,62,63). The van der Waals surface area contributed by atoms with Gasteiger partial charge in [-0.3, -0.25) is 9.69 Å². The van der Waals surface area contributed by atoms with E-state index in [1.54, 1.807) is 24.5 Å². The van der Waals surface area contributed by atoms with Crippen molar-refractivity contribution in [1.29, 1.82) is 0 Å². The second-order valence-corrected chi connectivity index (χ2v) is 17.4. The number of aliphatic hydroxyl groups excluding tert-OH is 4. The number of aliphatic hydroxyl groups is 5. The fourth-order valence-electron chi connectivity index (χ4n) is 10.6. The molecular weight excluding hydrogens is 853 g/mol. The number of carbonyl (C=O) groups is 2. The number of aromatic hydroxyl groups is 2. The molecule has 4 heterocycles. The monoisotopic (exact) mass is 904 g/mol. The number of imidazole rings is 1. The van der Waals surface area contributed by atoms with Crippen LogP contribution in [0, 0.1) is 5.92 Å². The summed E-state index contributed by atoms with van der Waals surface area (Å²) in [5, 5.41) is 90.2. The normalized spacial score (nSPS) is 30.2. The van der Waals surface area contributed by atoms with Crippen LogP contribution in [0.5, 0.6) is 17.2 Å². The van der Waals surface area contributed by atoms with Gasteiger partial charge >= 0.3 is 11.9 Å². The number of phenols is 2. The van der Waals surface area contributed by atoms with Crippen molar-refractivity contribution in [3.8, 4) is 17.2 Å². The van der Waals surface area contributed by atoms with Crippen molar-refractivity contribution < 1.29 is 59.9 Å². The molecule has 2 fully saturated rings. The highest BCUT2D eigenvalue weighted by atomic mass is 16.8. The van der Waals surface area contributed by atoms with Crippen LogP contribution in [0.4, 0.5) is 11.5 Å². The molecule has 1 amide bonds. The Balaban J connectivity index is 1.09. The van der Waals surface area contributed by atoms with Crippen LogP contribution in [0.3, 0.4) is 0 Å². The van der Waals surface area contributed by atoms with Gasteiger partial charge < -0.3 is 71.3 Å². The summed E-state index contributed by atoms with van der Waals surface area (Å²) >= 11 is 0. The summed E-state index contributed by atoms with van der Waals surface area (Å²) < 4.78 is 11.0. The molecule has 2 aliphatic heterocycles. The molecular formula is C48H52N6O12. The van der Waals surface area contributed by atoms with E-state index in [9.17, 15) is 50.4 Å². The molecule has 5 aromatic rings. The number of nitrogens with two attached hydrogens (primary N) is 1. The number of allylic oxidation sites excluding steroid dienone is 1. The van der Waals surface area contributed by atoms with E-state index in [4.69, 9.17) is 15.2 Å². The first kappa shape index (κ1) is 44.7. The number of carboxylic acids is 1. The first-order valence-corrected chi connectivity index (χ1v) is 21.8. The Morgan fingerprint density at radius 1 is 1.02 bits per heavy atom. The van der Waals surface area contributed by atoms with E-state index in [2.05, 4.69) is 20.3 Å². The number of nitrogens with one attached hydrogen (secondary N) is 3. The number of amides is 1. The van der Waals surface area contributed by atoms with E-state index < -0.39 is 89.2 Å². The molecule has 18 heteroatoms. The third-order valence-electron chi connectivity index (χ3n) is 13.8. The Labute approximate surface area is 378 Å². The maximum atomic E-state index is 14.9. The number of hydrogen-bond acceptors (Lipinski definition) is 14. The first-order chi connectivity index (χ1) is 31.7. The molecule has 9 rings (SSSR count). The second-order valence-electron chi connectivity index (χ2n) is 17.4. The molecule has 0 bridgehead atoms. The number of carboxylic acid groups (broad SMARTS) is 1. The molecule has 2 aliphatic carbocycles. The predicted molar refractivity (Wildman–Crippen MR) is 238 cm³/mol. The second kappa shape index (κ2) is 17.4. The third kappa shape index (κ3) is 7.40. The van der Waals surface area contributed by atoms with Crippen molar-refractivity contribution in [2.45, 2.75) is 85.4 Å². The van der Waals surface area contributed by atoms with Crippen LogP contribution in [0.2, 0.25) is 0 Å². The summed E-state index contributed by atoms with van der Waals surface area (Å²) in [5.74, 6) is -7.31. The highest BCUT2D eigenvalue weighted by molar-refractivity contribution is 6.13. The minimum atomic E-state index is -3.14. The third-order valence-corrected chi connectivity index (χ3v) is 13.8. The molecule has 10 atom stereocenters. The van der Waals surface area contributed by atoms with Crippen LogP contribution in [0.1, 0.15) is 58.8 Å². The molecule has 66 heavy (non-hydrogen) atoms. The van der Waals surface area contributed by atoms with Crippen molar-refractivity contribution in [3.05, 3.63) is 137 Å². The van der Waals surface area contributed by atoms with E-state index in [0.717, 1.165) is 40.2 Å². The van der Waals surface area contributed by atoms with Crippen molar-refractivity contribution >= 4 is 29.5 Å². The maximum Gasteiger partial charge on any atom is 0.355 e. The van der Waals surface area contributed by atoms with Gasteiger partial charge in [-0.1, -0.05) is 55.0 Å². The SMILES string of the molecule is NC1CCCC1(c1ccccc1)C1C=CC2(C(=O)O)C1c1cc(O)c(OC3(O)OC(CO)C(O)C(O)C3O)cc1N2C(=O)C=Cc1ccc(O)c(Cc2[nH]cnc2CCNc2ccc[nH]2)c1. The molecule has 1 saturated heterocycles. The number of aromatic amines is 2. The highest BCUT2D eigenvalue weighted by Crippen LogP contribution is 2.64. The van der Waals surface area contributed by atoms with Gasteiger partial charge in [-0.2, -0.15) is 0 Å². The van der Waals surface area contributed by atoms with E-state index in [-0.39, 0.29) is 23.4 Å². The van der Waals surface area contributed by atoms with Crippen LogP contribution < -0.4 is 20.7 Å². The first-order valence-electron chi connectivity index (χ1n) is 21.8. The predicted octanol–water partition coefficient (Wildman–Crippen LogP) is 2.50. The highest BCUT2D eigenvalue weighted by Gasteiger charge is 2.67. The minimum absolute atomic E-state index is 0.0117. The lowest BCUT2D eigenvalue weighted by molar-refractivity contribution is -0.422. The van der Waals surface area contributed by atoms with Gasteiger partial charge in [0.2, 0.25) is 0 Å². The number of aromatic nitrogens is 3. The minimum Gasteiger partial charge on any atom is -0.508 e. The number of fused-ring (bicyclic) bond motifs is 3. The van der Waals surface area contributed by atoms with Gasteiger partial charge in [0, 0.05) is 66.4 Å². The van der Waals surface area contributed by atoms with Crippen molar-refractivity contribution in [3.63, 3.8) is 0 Å². The van der Waals surface area contributed by atoms with Crippen LogP contribution >= 0.6 is 0 Å². The zero-order valence-corrected chi connectivity index (χ0v) is 35.6. The number of ether oxygens (including phenoxy) is 2. The van der Waals surface area contributed by atoms with Gasteiger partial charge in [0.15, 0.2) is 23.1 Å². The molecule has 1 saturated carbocycles. The molecule has 2 aromatic heterocycles. The molecule has 10 unspecified atom stereocenters. The Bertz CT molecular complexity index is 2650. The number of aliphatic carboxylic acids is 1. The summed E-state index contributed by atoms with van der Waals surface area (Å²) in [6.07, 6.45) is 4.44. The van der Waals surface area contributed by atoms with E-state index >= 15 is 0 Å². The lowest BCUT2D eigenvalue weighted by atomic mass is 9.61. The summed E-state index contributed by atoms with van der Waals surface area (Å²) in [4.78, 5) is 40.8. The van der Waals surface area contributed by atoms with Gasteiger partial charge in [0.1, 0.15) is 29.9 Å². The smallest absolute Gasteiger partial charge is 0.355 e. The van der Waals surface area contributed by atoms with Crippen LogP contribution in [-0.2, 0) is 32.6 Å². The van der Waals surface area contributed by atoms with Crippen molar-refractivity contribution in [1.82, 2.24) is 15.0 Å². The molecule has 3 aromatic carbocycles. The average Bonchev–Trinajstić information content (AvgIpc) is 4.16. The summed E-state index contributed by atoms with van der Waals surface area (Å²) in [5.41, 5.74) is 7.87. The Kier molecular flexibility index (Phi) is 11.8. The number of hydrogen-bond donors (Lipinski definition) is 12. The fourth-order valence-corrected chi connectivity index (χ4v) is 10.6. The molecule has 18 nitrogen and oxygen atoms in total. The van der Waals surface area contributed by atoms with Crippen molar-refractivity contribution in [2.24, 2.45) is 11.7 Å². The number of anilines is 2. The Morgan fingerprint density at radius 2 is 1.82 bits per heavy atom. The zero-order valence-electron chi connectivity index (χ0n) is 35.6. The summed E-state index contributed by atoms with van der Waals surface area (Å²) in [6.45, 7) is -0.298. The van der Waals surface area contributed by atoms with Gasteiger partial charge in [-0.15, -0.1) is 0 Å². The topological polar surface area (TPSA) is 300 Å². The Morgan fingerprint density at radius 3 is 2.53 bits per heavy atom. The maximum absolute atomic E-state index is 14.9. The van der Waals surface area contributed by atoms with E-state index in [1.807, 2.05) is 48.7 Å². The largest absolute Gasteiger partial charge is 0.508 e. The average molecular weight is 905 g/mol. The zero-order chi connectivity index (χ0) is 46.5. The van der Waals surface area contributed by atoms with Gasteiger partial charge in [0.05, 0.1) is 24.3 Å². The molecule has 4 aliphatic rings. The molecule has 346 valence electrons. The summed E-state index contributed by atoms with van der Waals surface area (Å²) in [7, 11) is 0. The number of H-pyrrole nitrogens is 2. The Hall–Kier alpha value is -6.51. The van der Waals surface area contributed by atoms with E-state index in [1.165, 1.54) is 30.4 Å². The lowest BCUT2D eigenvalue weighted by Crippen LogP contribution is -2.67. The summed E-state index contributed by atoms with van der Waals surface area (Å²) in [6, 6.07) is 20.1. The number of rotatable bonds is 14. The number of benzene rings is 3. The molecule has 0 radical (unpaired) electrons.